The minimum atomic E-state index is -0.530. The molecule has 0 aromatic heterocycles. The lowest BCUT2D eigenvalue weighted by molar-refractivity contribution is -0.384. The van der Waals surface area contributed by atoms with E-state index in [2.05, 4.69) is 5.16 Å². The number of nitrogens with two attached hydrogens (primary N) is 1. The molecule has 1 fully saturated rings. The molecule has 1 aromatic rings. The average molecular weight is 294 g/mol. The van der Waals surface area contributed by atoms with Crippen LogP contribution in [0.4, 0.5) is 11.4 Å². The van der Waals surface area contributed by atoms with E-state index in [0.717, 1.165) is 25.8 Å². The van der Waals surface area contributed by atoms with Crippen molar-refractivity contribution in [3.05, 3.63) is 33.9 Å². The fourth-order valence-corrected chi connectivity index (χ4v) is 2.65. The fourth-order valence-electron chi connectivity index (χ4n) is 2.65. The van der Waals surface area contributed by atoms with E-state index in [9.17, 15) is 15.2 Å². The number of piperidine rings is 1. The molecule has 1 unspecified atom stereocenters. The summed E-state index contributed by atoms with van der Waals surface area (Å²) in [4.78, 5) is 12.3. The van der Waals surface area contributed by atoms with Gasteiger partial charge in [0.1, 0.15) is 0 Å². The SMILES string of the molecule is NC(=NO)c1cc([N+](=O)[O-])ccc1N1CCCCC1CO. The predicted octanol–water partition coefficient (Wildman–Crippen LogP) is 1.04. The number of nitrogens with zero attached hydrogens (tertiary/aromatic N) is 3. The van der Waals surface area contributed by atoms with E-state index in [4.69, 9.17) is 10.9 Å². The molecule has 1 atom stereocenters. The molecule has 1 heterocycles. The number of benzene rings is 1. The van der Waals surface area contributed by atoms with E-state index in [1.54, 1.807) is 6.07 Å². The minimum absolute atomic E-state index is 0.00734. The maximum atomic E-state index is 10.9. The van der Waals surface area contributed by atoms with E-state index >= 15 is 0 Å². The molecule has 8 nitrogen and oxygen atoms in total. The van der Waals surface area contributed by atoms with Crippen molar-refractivity contribution < 1.29 is 15.2 Å². The maximum Gasteiger partial charge on any atom is 0.270 e. The Bertz CT molecular complexity index is 561. The van der Waals surface area contributed by atoms with Gasteiger partial charge < -0.3 is 20.9 Å². The normalized spacial score (nSPS) is 19.6. The van der Waals surface area contributed by atoms with Gasteiger partial charge in [-0.25, -0.2) is 0 Å². The first-order valence-corrected chi connectivity index (χ1v) is 6.72. The average Bonchev–Trinajstić information content (AvgIpc) is 2.53. The van der Waals surface area contributed by atoms with Gasteiger partial charge in [0.2, 0.25) is 0 Å². The second-order valence-electron chi connectivity index (χ2n) is 4.97. The Kier molecular flexibility index (Phi) is 4.59. The van der Waals surface area contributed by atoms with Gasteiger partial charge in [-0.3, -0.25) is 10.1 Å². The number of non-ortho nitro benzene ring substituents is 1. The number of rotatable bonds is 4. The molecular weight excluding hydrogens is 276 g/mol. The zero-order valence-electron chi connectivity index (χ0n) is 11.5. The molecule has 2 rings (SSSR count). The van der Waals surface area contributed by atoms with Gasteiger partial charge in [0.05, 0.1) is 23.1 Å². The highest BCUT2D eigenvalue weighted by Crippen LogP contribution is 2.30. The van der Waals surface area contributed by atoms with Crippen molar-refractivity contribution in [3.8, 4) is 0 Å². The van der Waals surface area contributed by atoms with Crippen LogP contribution in [0.1, 0.15) is 24.8 Å². The Morgan fingerprint density at radius 2 is 2.29 bits per heavy atom. The fraction of sp³-hybridized carbons (Fsp3) is 0.462. The summed E-state index contributed by atoms with van der Waals surface area (Å²) in [7, 11) is 0. The lowest BCUT2D eigenvalue weighted by Crippen LogP contribution is -2.43. The van der Waals surface area contributed by atoms with Crippen molar-refractivity contribution in [2.24, 2.45) is 10.9 Å². The Morgan fingerprint density at radius 3 is 2.90 bits per heavy atom. The number of anilines is 1. The molecule has 1 aliphatic rings. The Morgan fingerprint density at radius 1 is 1.52 bits per heavy atom. The second kappa shape index (κ2) is 6.40. The van der Waals surface area contributed by atoms with Crippen molar-refractivity contribution in [2.75, 3.05) is 18.1 Å². The van der Waals surface area contributed by atoms with Crippen LogP contribution in [0.3, 0.4) is 0 Å². The van der Waals surface area contributed by atoms with Gasteiger partial charge in [-0.05, 0) is 25.3 Å². The van der Waals surface area contributed by atoms with E-state index in [1.165, 1.54) is 12.1 Å². The molecular formula is C13H18N4O4. The van der Waals surface area contributed by atoms with Crippen LogP contribution in [0.25, 0.3) is 0 Å². The van der Waals surface area contributed by atoms with Crippen molar-refractivity contribution >= 4 is 17.2 Å². The molecule has 1 aliphatic heterocycles. The Labute approximate surface area is 121 Å². The molecule has 0 bridgehead atoms. The molecule has 0 aliphatic carbocycles. The van der Waals surface area contributed by atoms with Crippen molar-refractivity contribution in [3.63, 3.8) is 0 Å². The predicted molar refractivity (Wildman–Crippen MR) is 77.7 cm³/mol. The number of hydrogen-bond acceptors (Lipinski definition) is 6. The number of aliphatic hydroxyl groups excluding tert-OH is 1. The van der Waals surface area contributed by atoms with Crippen LogP contribution >= 0.6 is 0 Å². The van der Waals surface area contributed by atoms with E-state index in [-0.39, 0.29) is 24.2 Å². The van der Waals surface area contributed by atoms with Gasteiger partial charge in [-0.2, -0.15) is 0 Å². The first-order valence-electron chi connectivity index (χ1n) is 6.72. The largest absolute Gasteiger partial charge is 0.409 e. The van der Waals surface area contributed by atoms with Crippen LogP contribution < -0.4 is 10.6 Å². The number of nitro groups is 1. The lowest BCUT2D eigenvalue weighted by Gasteiger charge is -2.37. The van der Waals surface area contributed by atoms with Crippen molar-refractivity contribution in [2.45, 2.75) is 25.3 Å². The quantitative estimate of drug-likeness (QED) is 0.250. The van der Waals surface area contributed by atoms with Gasteiger partial charge in [0, 0.05) is 24.4 Å². The van der Waals surface area contributed by atoms with Crippen LogP contribution in [0.15, 0.2) is 23.4 Å². The summed E-state index contributed by atoms with van der Waals surface area (Å²) in [5, 5.41) is 32.2. The van der Waals surface area contributed by atoms with E-state index in [0.29, 0.717) is 11.3 Å². The number of oxime groups is 1. The van der Waals surface area contributed by atoms with Gasteiger partial charge in [-0.15, -0.1) is 0 Å². The summed E-state index contributed by atoms with van der Waals surface area (Å²) in [5.74, 6) is -0.184. The number of amidine groups is 1. The van der Waals surface area contributed by atoms with Crippen molar-refractivity contribution in [1.29, 1.82) is 0 Å². The number of aliphatic hydroxyl groups is 1. The molecule has 4 N–H and O–H groups in total. The van der Waals surface area contributed by atoms with Crippen LogP contribution in [-0.2, 0) is 0 Å². The first kappa shape index (κ1) is 15.0. The molecule has 114 valence electrons. The van der Waals surface area contributed by atoms with Crippen LogP contribution in [0.2, 0.25) is 0 Å². The van der Waals surface area contributed by atoms with Crippen LogP contribution in [0.5, 0.6) is 0 Å². The molecule has 0 saturated carbocycles. The third kappa shape index (κ3) is 3.05. The third-order valence-electron chi connectivity index (χ3n) is 3.72. The Balaban J connectivity index is 2.48. The molecule has 0 amide bonds. The molecule has 21 heavy (non-hydrogen) atoms. The Hall–Kier alpha value is -2.35. The first-order chi connectivity index (χ1) is 10.1. The summed E-state index contributed by atoms with van der Waals surface area (Å²) in [6, 6.07) is 4.19. The number of nitro benzene ring substituents is 1. The van der Waals surface area contributed by atoms with Gasteiger partial charge in [-0.1, -0.05) is 5.16 Å². The highest BCUT2D eigenvalue weighted by Gasteiger charge is 2.26. The molecule has 1 saturated heterocycles. The summed E-state index contributed by atoms with van der Waals surface area (Å²) < 4.78 is 0. The standard InChI is InChI=1S/C13H18N4O4/c14-13(15-19)11-7-9(17(20)21)4-5-12(11)16-6-2-1-3-10(16)8-18/h4-5,7,10,18-19H,1-3,6,8H2,(H2,14,15). The topological polar surface area (TPSA) is 125 Å². The van der Waals surface area contributed by atoms with Crippen molar-refractivity contribution in [1.82, 2.24) is 0 Å². The highest BCUT2D eigenvalue weighted by molar-refractivity contribution is 6.03. The molecule has 0 radical (unpaired) electrons. The molecule has 8 heteroatoms. The smallest absolute Gasteiger partial charge is 0.270 e. The lowest BCUT2D eigenvalue weighted by atomic mass is 9.99. The second-order valence-corrected chi connectivity index (χ2v) is 4.97. The zero-order chi connectivity index (χ0) is 15.4. The summed E-state index contributed by atoms with van der Waals surface area (Å²) in [5.41, 5.74) is 6.45. The molecule has 0 spiro atoms. The monoisotopic (exact) mass is 294 g/mol. The van der Waals surface area contributed by atoms with Crippen LogP contribution in [0, 0.1) is 10.1 Å². The van der Waals surface area contributed by atoms with Gasteiger partial charge in [0.25, 0.3) is 5.69 Å². The maximum absolute atomic E-state index is 10.9. The summed E-state index contributed by atoms with van der Waals surface area (Å²) in [6.45, 7) is 0.710. The van der Waals surface area contributed by atoms with Gasteiger partial charge >= 0.3 is 0 Å². The zero-order valence-corrected chi connectivity index (χ0v) is 11.5. The van der Waals surface area contributed by atoms with Crippen LogP contribution in [-0.4, -0.2) is 40.3 Å². The van der Waals surface area contributed by atoms with Gasteiger partial charge in [0.15, 0.2) is 5.84 Å². The van der Waals surface area contributed by atoms with E-state index in [1.807, 2.05) is 4.90 Å². The summed E-state index contributed by atoms with van der Waals surface area (Å²) in [6.07, 6.45) is 2.82. The third-order valence-corrected chi connectivity index (χ3v) is 3.72. The minimum Gasteiger partial charge on any atom is -0.409 e. The highest BCUT2D eigenvalue weighted by atomic mass is 16.6. The molecule has 1 aromatic carbocycles. The summed E-state index contributed by atoms with van der Waals surface area (Å²) >= 11 is 0. The van der Waals surface area contributed by atoms with E-state index < -0.39 is 4.92 Å². The number of hydrogen-bond donors (Lipinski definition) is 3.